The van der Waals surface area contributed by atoms with Gasteiger partial charge in [-0.15, -0.1) is 18.2 Å². The van der Waals surface area contributed by atoms with E-state index >= 15 is 0 Å². The van der Waals surface area contributed by atoms with Gasteiger partial charge < -0.3 is 9.47 Å². The maximum atomic E-state index is 11.3. The average Bonchev–Trinajstić information content (AvgIpc) is 2.58. The number of alkyl halides is 1. The molecular formula is C21H27ClO4. The summed E-state index contributed by atoms with van der Waals surface area (Å²) in [6, 6.07) is 0. The highest BCUT2D eigenvalue weighted by molar-refractivity contribution is 6.21. The van der Waals surface area contributed by atoms with E-state index in [0.29, 0.717) is 6.42 Å². The molecule has 0 aromatic carbocycles. The van der Waals surface area contributed by atoms with Crippen molar-refractivity contribution >= 4 is 23.5 Å². The van der Waals surface area contributed by atoms with Gasteiger partial charge in [0.1, 0.15) is 6.10 Å². The van der Waals surface area contributed by atoms with Gasteiger partial charge in [0.15, 0.2) is 6.10 Å². The summed E-state index contributed by atoms with van der Waals surface area (Å²) in [7, 11) is 0. The molecule has 0 bridgehead atoms. The highest BCUT2D eigenvalue weighted by Crippen LogP contribution is 2.18. The maximum Gasteiger partial charge on any atom is 0.304 e. The second-order valence-electron chi connectivity index (χ2n) is 5.63. The molecule has 0 aromatic rings. The van der Waals surface area contributed by atoms with E-state index < -0.39 is 18.2 Å². The molecule has 0 amide bonds. The van der Waals surface area contributed by atoms with Crippen molar-refractivity contribution in [3.8, 4) is 23.7 Å². The van der Waals surface area contributed by atoms with Crippen LogP contribution in [0.5, 0.6) is 0 Å². The molecule has 0 aliphatic heterocycles. The number of unbranched alkanes of at least 4 members (excludes halogenated alkanes) is 3. The fraction of sp³-hybridized carbons (Fsp3) is 0.524. The summed E-state index contributed by atoms with van der Waals surface area (Å²) in [6.07, 6.45) is 7.25. The molecule has 0 radical (unpaired) electrons. The van der Waals surface area contributed by atoms with Crippen LogP contribution in [0.25, 0.3) is 0 Å². The summed E-state index contributed by atoms with van der Waals surface area (Å²) >= 11 is 6.37. The molecule has 0 aliphatic rings. The highest BCUT2D eigenvalue weighted by atomic mass is 35.5. The van der Waals surface area contributed by atoms with E-state index in [2.05, 4.69) is 36.8 Å². The Bertz CT molecular complexity index is 589. The van der Waals surface area contributed by atoms with Crippen LogP contribution in [0.4, 0.5) is 0 Å². The van der Waals surface area contributed by atoms with Gasteiger partial charge >= 0.3 is 11.9 Å². The highest BCUT2D eigenvalue weighted by Gasteiger charge is 2.21. The van der Waals surface area contributed by atoms with E-state index in [9.17, 15) is 9.59 Å². The van der Waals surface area contributed by atoms with Gasteiger partial charge in [-0.1, -0.05) is 31.4 Å². The van der Waals surface area contributed by atoms with Gasteiger partial charge in [-0.25, -0.2) is 0 Å². The predicted molar refractivity (Wildman–Crippen MR) is 104 cm³/mol. The first-order valence-electron chi connectivity index (χ1n) is 8.61. The van der Waals surface area contributed by atoms with Crippen molar-refractivity contribution in [2.75, 3.05) is 0 Å². The summed E-state index contributed by atoms with van der Waals surface area (Å²) in [5, 5.41) is -0.299. The van der Waals surface area contributed by atoms with Crippen molar-refractivity contribution in [1.82, 2.24) is 0 Å². The second-order valence-corrected chi connectivity index (χ2v) is 6.19. The molecule has 0 fully saturated rings. The monoisotopic (exact) mass is 378 g/mol. The zero-order valence-electron chi connectivity index (χ0n) is 15.6. The molecule has 3 atom stereocenters. The van der Waals surface area contributed by atoms with Crippen LogP contribution in [0.2, 0.25) is 0 Å². The molecule has 0 aromatic heterocycles. The summed E-state index contributed by atoms with van der Waals surface area (Å²) < 4.78 is 10.2. The number of allylic oxidation sites excluding steroid dienone is 1. The Balaban J connectivity index is 4.59. The Morgan fingerprint density at radius 1 is 1.08 bits per heavy atom. The Labute approximate surface area is 162 Å². The Kier molecular flexibility index (Phi) is 13.9. The summed E-state index contributed by atoms with van der Waals surface area (Å²) in [5.41, 5.74) is 0. The van der Waals surface area contributed by atoms with Crippen molar-refractivity contribution < 1.29 is 19.1 Å². The lowest BCUT2D eigenvalue weighted by molar-refractivity contribution is -0.146. The third-order valence-electron chi connectivity index (χ3n) is 3.28. The average molecular weight is 379 g/mol. The molecule has 0 saturated heterocycles. The number of hydrogen-bond donors (Lipinski definition) is 0. The number of esters is 2. The molecular weight excluding hydrogens is 352 g/mol. The molecule has 0 N–H and O–H groups in total. The van der Waals surface area contributed by atoms with E-state index in [1.807, 2.05) is 6.08 Å². The molecule has 26 heavy (non-hydrogen) atoms. The van der Waals surface area contributed by atoms with E-state index in [1.165, 1.54) is 19.9 Å². The maximum absolute atomic E-state index is 11.3. The van der Waals surface area contributed by atoms with Crippen LogP contribution >= 0.6 is 11.6 Å². The molecule has 0 saturated carbocycles. The SMILES string of the molecule is C=CCCCCC[C@@H](Cl)[C@@H](CC#CC#C[C@H](C=C)OC(C)=O)OC(C)=O. The molecule has 0 rings (SSSR count). The van der Waals surface area contributed by atoms with E-state index in [4.69, 9.17) is 21.1 Å². The van der Waals surface area contributed by atoms with Gasteiger partial charge in [-0.05, 0) is 43.1 Å². The van der Waals surface area contributed by atoms with E-state index in [0.717, 1.165) is 32.1 Å². The third-order valence-corrected chi connectivity index (χ3v) is 3.78. The van der Waals surface area contributed by atoms with Gasteiger partial charge in [0.25, 0.3) is 0 Å². The number of ether oxygens (including phenoxy) is 2. The predicted octanol–water partition coefficient (Wildman–Crippen LogP) is 4.18. The number of carbonyl (C=O) groups excluding carboxylic acids is 2. The minimum absolute atomic E-state index is 0.293. The van der Waals surface area contributed by atoms with Crippen LogP contribution in [0.1, 0.15) is 52.4 Å². The normalized spacial score (nSPS) is 12.9. The smallest absolute Gasteiger partial charge is 0.304 e. The lowest BCUT2D eigenvalue weighted by Crippen LogP contribution is -2.26. The van der Waals surface area contributed by atoms with Crippen LogP contribution < -0.4 is 0 Å². The number of carbonyl (C=O) groups is 2. The lowest BCUT2D eigenvalue weighted by atomic mass is 10.1. The minimum atomic E-state index is -0.692. The zero-order valence-corrected chi connectivity index (χ0v) is 16.3. The standard InChI is InChI=1S/C21H27ClO4/c1-5-7-8-9-12-15-20(22)21(26-18(4)24)16-13-10-11-14-19(6-2)25-17(3)23/h5-6,19-21H,1-2,7-9,12,15-16H2,3-4H3/t19-,20+,21+/m0/s1. The number of halogens is 1. The van der Waals surface area contributed by atoms with Crippen molar-refractivity contribution in [2.45, 2.75) is 70.0 Å². The first-order chi connectivity index (χ1) is 12.4. The van der Waals surface area contributed by atoms with Crippen LogP contribution in [0, 0.1) is 23.7 Å². The van der Waals surface area contributed by atoms with Crippen LogP contribution in [-0.2, 0) is 19.1 Å². The zero-order chi connectivity index (χ0) is 19.8. The van der Waals surface area contributed by atoms with Crippen molar-refractivity contribution in [1.29, 1.82) is 0 Å². The van der Waals surface area contributed by atoms with Crippen molar-refractivity contribution in [3.05, 3.63) is 25.3 Å². The van der Waals surface area contributed by atoms with E-state index in [-0.39, 0.29) is 11.3 Å². The quantitative estimate of drug-likeness (QED) is 0.178. The first kappa shape index (κ1) is 23.8. The Hall–Kier alpha value is -2.17. The van der Waals surface area contributed by atoms with Crippen molar-refractivity contribution in [3.63, 3.8) is 0 Å². The topological polar surface area (TPSA) is 52.6 Å². The molecule has 4 nitrogen and oxygen atoms in total. The summed E-state index contributed by atoms with van der Waals surface area (Å²) in [5.74, 6) is 9.94. The molecule has 0 aliphatic carbocycles. The van der Waals surface area contributed by atoms with Crippen LogP contribution in [-0.4, -0.2) is 29.5 Å². The number of hydrogen-bond acceptors (Lipinski definition) is 4. The first-order valence-corrected chi connectivity index (χ1v) is 9.04. The molecule has 0 heterocycles. The van der Waals surface area contributed by atoms with Crippen molar-refractivity contribution in [2.24, 2.45) is 0 Å². The Morgan fingerprint density at radius 3 is 2.35 bits per heavy atom. The molecule has 142 valence electrons. The van der Waals surface area contributed by atoms with Gasteiger partial charge in [0.05, 0.1) is 5.38 Å². The minimum Gasteiger partial charge on any atom is -0.460 e. The largest absolute Gasteiger partial charge is 0.460 e. The fourth-order valence-corrected chi connectivity index (χ4v) is 2.36. The summed E-state index contributed by atoms with van der Waals surface area (Å²) in [4.78, 5) is 22.1. The molecule has 5 heteroatoms. The molecule has 0 unspecified atom stereocenters. The van der Waals surface area contributed by atoms with Gasteiger partial charge in [-0.2, -0.15) is 0 Å². The van der Waals surface area contributed by atoms with Crippen LogP contribution in [0.15, 0.2) is 25.3 Å². The van der Waals surface area contributed by atoms with Gasteiger partial charge in [0.2, 0.25) is 0 Å². The van der Waals surface area contributed by atoms with Gasteiger partial charge in [-0.3, -0.25) is 9.59 Å². The van der Waals surface area contributed by atoms with Crippen LogP contribution in [0.3, 0.4) is 0 Å². The summed E-state index contributed by atoms with van der Waals surface area (Å²) in [6.45, 7) is 9.88. The van der Waals surface area contributed by atoms with Gasteiger partial charge in [0, 0.05) is 20.3 Å². The van der Waals surface area contributed by atoms with E-state index in [1.54, 1.807) is 0 Å². The number of rotatable bonds is 11. The second kappa shape index (κ2) is 15.1. The lowest BCUT2D eigenvalue weighted by Gasteiger charge is -2.20. The Morgan fingerprint density at radius 2 is 1.77 bits per heavy atom. The fourth-order valence-electron chi connectivity index (χ4n) is 2.07. The third kappa shape index (κ3) is 13.2. The molecule has 0 spiro atoms.